The topological polar surface area (TPSA) is 81.6 Å². The molecule has 1 fully saturated rings. The maximum atomic E-state index is 12.5. The lowest BCUT2D eigenvalue weighted by Crippen LogP contribution is -2.32. The van der Waals surface area contributed by atoms with Crippen LogP contribution >= 0.6 is 11.3 Å². The largest absolute Gasteiger partial charge is 0.337 e. The van der Waals surface area contributed by atoms with Crippen molar-refractivity contribution < 1.29 is 4.79 Å². The molecule has 6 heteroatoms. The van der Waals surface area contributed by atoms with Gasteiger partial charge < -0.3 is 10.3 Å². The number of aromatic amines is 1. The second kappa shape index (κ2) is 5.77. The zero-order valence-electron chi connectivity index (χ0n) is 13.0. The van der Waals surface area contributed by atoms with Crippen molar-refractivity contribution in [2.45, 2.75) is 25.7 Å². The number of nitrogens with zero attached hydrogens (tertiary/aromatic N) is 2. The first kappa shape index (κ1) is 14.9. The molecule has 0 aliphatic heterocycles. The van der Waals surface area contributed by atoms with Crippen molar-refractivity contribution >= 4 is 34.0 Å². The summed E-state index contributed by atoms with van der Waals surface area (Å²) >= 11 is 1.63. The van der Waals surface area contributed by atoms with Crippen molar-refractivity contribution in [3.63, 3.8) is 0 Å². The van der Waals surface area contributed by atoms with Crippen molar-refractivity contribution in [2.75, 3.05) is 5.32 Å². The molecule has 1 aliphatic carbocycles. The summed E-state index contributed by atoms with van der Waals surface area (Å²) in [5.74, 6) is 0.632. The lowest BCUT2D eigenvalue weighted by Gasteiger charge is -2.19. The van der Waals surface area contributed by atoms with E-state index in [9.17, 15) is 10.1 Å². The summed E-state index contributed by atoms with van der Waals surface area (Å²) < 4.78 is 0. The van der Waals surface area contributed by atoms with Gasteiger partial charge in [0.25, 0.3) is 0 Å². The number of fused-ring (bicyclic) bond motifs is 1. The monoisotopic (exact) mass is 336 g/mol. The van der Waals surface area contributed by atoms with E-state index < -0.39 is 5.41 Å². The van der Waals surface area contributed by atoms with E-state index in [1.165, 1.54) is 0 Å². The zero-order valence-corrected chi connectivity index (χ0v) is 13.8. The average Bonchev–Trinajstić information content (AvgIpc) is 3.33. The summed E-state index contributed by atoms with van der Waals surface area (Å²) in [4.78, 5) is 21.5. The third-order valence-corrected chi connectivity index (χ3v) is 5.48. The number of thiophene rings is 1. The van der Waals surface area contributed by atoms with E-state index in [0.29, 0.717) is 18.5 Å². The number of aromatic nitrogens is 2. The molecule has 120 valence electrons. The third-order valence-electron chi connectivity index (χ3n) is 4.60. The fourth-order valence-corrected chi connectivity index (χ4v) is 3.91. The lowest BCUT2D eigenvalue weighted by molar-refractivity contribution is -0.122. The van der Waals surface area contributed by atoms with Gasteiger partial charge >= 0.3 is 0 Å². The van der Waals surface area contributed by atoms with Crippen molar-refractivity contribution in [1.82, 2.24) is 9.97 Å². The number of H-pyrrole nitrogens is 1. The SMILES string of the molecule is N#CC1(C(=O)Nc2ccc3nc(-c4cccs4)[nH]c3c2)CCCC1. The number of imidazole rings is 1. The minimum Gasteiger partial charge on any atom is -0.337 e. The van der Waals surface area contributed by atoms with E-state index in [0.717, 1.165) is 34.6 Å². The molecule has 2 heterocycles. The van der Waals surface area contributed by atoms with E-state index in [4.69, 9.17) is 0 Å². The van der Waals surface area contributed by atoms with Gasteiger partial charge in [-0.2, -0.15) is 5.26 Å². The molecule has 1 aliphatic rings. The van der Waals surface area contributed by atoms with Crippen LogP contribution in [0, 0.1) is 16.7 Å². The highest BCUT2D eigenvalue weighted by molar-refractivity contribution is 7.13. The summed E-state index contributed by atoms with van der Waals surface area (Å²) in [6, 6.07) is 11.8. The Kier molecular flexibility index (Phi) is 3.58. The maximum Gasteiger partial charge on any atom is 0.244 e. The Bertz CT molecular complexity index is 930. The van der Waals surface area contributed by atoms with Crippen LogP contribution in [0.15, 0.2) is 35.7 Å². The molecule has 0 atom stereocenters. The molecule has 4 rings (SSSR count). The molecule has 0 bridgehead atoms. The number of nitriles is 1. The van der Waals surface area contributed by atoms with Gasteiger partial charge in [-0.15, -0.1) is 11.3 Å². The first-order valence-corrected chi connectivity index (χ1v) is 8.84. The minimum absolute atomic E-state index is 0.195. The Labute approximate surface area is 143 Å². The quantitative estimate of drug-likeness (QED) is 0.747. The first-order chi connectivity index (χ1) is 11.7. The van der Waals surface area contributed by atoms with Crippen molar-refractivity contribution in [3.05, 3.63) is 35.7 Å². The minimum atomic E-state index is -0.870. The molecule has 0 unspecified atom stereocenters. The van der Waals surface area contributed by atoms with Crippen LogP contribution in [0.3, 0.4) is 0 Å². The molecule has 1 amide bonds. The third kappa shape index (κ3) is 2.47. The molecule has 0 saturated heterocycles. The summed E-state index contributed by atoms with van der Waals surface area (Å²) in [7, 11) is 0. The fraction of sp³-hybridized carbons (Fsp3) is 0.278. The predicted molar refractivity (Wildman–Crippen MR) is 94.6 cm³/mol. The average molecular weight is 336 g/mol. The number of carbonyl (C=O) groups is 1. The molecule has 1 saturated carbocycles. The summed E-state index contributed by atoms with van der Waals surface area (Å²) in [5, 5.41) is 14.3. The second-order valence-corrected chi connectivity index (χ2v) is 7.10. The van der Waals surface area contributed by atoms with Gasteiger partial charge in [-0.05, 0) is 42.5 Å². The van der Waals surface area contributed by atoms with Crippen LogP contribution in [0.5, 0.6) is 0 Å². The van der Waals surface area contributed by atoms with Crippen LogP contribution in [0.2, 0.25) is 0 Å². The second-order valence-electron chi connectivity index (χ2n) is 6.15. The van der Waals surface area contributed by atoms with Gasteiger partial charge in [-0.1, -0.05) is 18.9 Å². The molecule has 2 N–H and O–H groups in total. The molecule has 3 aromatic rings. The normalized spacial score (nSPS) is 16.1. The van der Waals surface area contributed by atoms with Gasteiger partial charge in [0.15, 0.2) is 0 Å². The molecule has 0 spiro atoms. The van der Waals surface area contributed by atoms with Crippen molar-refractivity contribution in [1.29, 1.82) is 5.26 Å². The number of hydrogen-bond donors (Lipinski definition) is 2. The number of amides is 1. The molecule has 2 aromatic heterocycles. The van der Waals surface area contributed by atoms with E-state index >= 15 is 0 Å². The Hall–Kier alpha value is -2.65. The maximum absolute atomic E-state index is 12.5. The van der Waals surface area contributed by atoms with Gasteiger partial charge in [0.05, 0.1) is 22.0 Å². The summed E-state index contributed by atoms with van der Waals surface area (Å²) in [6.45, 7) is 0. The van der Waals surface area contributed by atoms with E-state index in [-0.39, 0.29) is 5.91 Å². The van der Waals surface area contributed by atoms with Crippen LogP contribution in [0.4, 0.5) is 5.69 Å². The van der Waals surface area contributed by atoms with Crippen LogP contribution in [-0.4, -0.2) is 15.9 Å². The van der Waals surface area contributed by atoms with E-state index in [1.807, 2.05) is 35.7 Å². The van der Waals surface area contributed by atoms with Crippen LogP contribution in [0.1, 0.15) is 25.7 Å². The van der Waals surface area contributed by atoms with Crippen LogP contribution in [0.25, 0.3) is 21.7 Å². The van der Waals surface area contributed by atoms with Gasteiger partial charge in [-0.25, -0.2) is 4.98 Å². The number of anilines is 1. The number of rotatable bonds is 3. The van der Waals surface area contributed by atoms with Crippen LogP contribution < -0.4 is 5.32 Å². The van der Waals surface area contributed by atoms with Gasteiger partial charge in [-0.3, -0.25) is 4.79 Å². The Morgan fingerprint density at radius 1 is 1.33 bits per heavy atom. The molecule has 5 nitrogen and oxygen atoms in total. The molecular weight excluding hydrogens is 320 g/mol. The van der Waals surface area contributed by atoms with Crippen molar-refractivity contribution in [2.24, 2.45) is 5.41 Å². The van der Waals surface area contributed by atoms with Gasteiger partial charge in [0.2, 0.25) is 5.91 Å². The number of hydrogen-bond acceptors (Lipinski definition) is 4. The smallest absolute Gasteiger partial charge is 0.244 e. The highest BCUT2D eigenvalue weighted by Gasteiger charge is 2.41. The standard InChI is InChI=1S/C18H16N4OS/c19-11-18(7-1-2-8-18)17(23)20-12-5-6-13-14(10-12)22-16(21-13)15-4-3-9-24-15/h3-6,9-10H,1-2,7-8H2,(H,20,23)(H,21,22). The Balaban J connectivity index is 1.61. The molecule has 1 aromatic carbocycles. The lowest BCUT2D eigenvalue weighted by atomic mass is 9.87. The van der Waals surface area contributed by atoms with Crippen LogP contribution in [-0.2, 0) is 4.79 Å². The molecular formula is C18H16N4OS. The Morgan fingerprint density at radius 2 is 2.17 bits per heavy atom. The number of carbonyl (C=O) groups excluding carboxylic acids is 1. The van der Waals surface area contributed by atoms with Gasteiger partial charge in [0.1, 0.15) is 11.2 Å². The van der Waals surface area contributed by atoms with Crippen molar-refractivity contribution in [3.8, 4) is 16.8 Å². The highest BCUT2D eigenvalue weighted by atomic mass is 32.1. The Morgan fingerprint density at radius 3 is 2.88 bits per heavy atom. The van der Waals surface area contributed by atoms with E-state index in [1.54, 1.807) is 11.3 Å². The first-order valence-electron chi connectivity index (χ1n) is 7.97. The number of benzene rings is 1. The van der Waals surface area contributed by atoms with Gasteiger partial charge in [0, 0.05) is 5.69 Å². The zero-order chi connectivity index (χ0) is 16.6. The fourth-order valence-electron chi connectivity index (χ4n) is 3.24. The molecule has 0 radical (unpaired) electrons. The highest BCUT2D eigenvalue weighted by Crippen LogP contribution is 2.38. The summed E-state index contributed by atoms with van der Waals surface area (Å²) in [5.41, 5.74) is 1.54. The number of nitrogens with one attached hydrogen (secondary N) is 2. The van der Waals surface area contributed by atoms with E-state index in [2.05, 4.69) is 21.4 Å². The predicted octanol–water partition coefficient (Wildman–Crippen LogP) is 4.31. The molecule has 24 heavy (non-hydrogen) atoms. The summed E-state index contributed by atoms with van der Waals surface area (Å²) in [6.07, 6.45) is 3.16.